The van der Waals surface area contributed by atoms with Crippen molar-refractivity contribution in [3.63, 3.8) is 0 Å². The Morgan fingerprint density at radius 1 is 1.04 bits per heavy atom. The average Bonchev–Trinajstić information content (AvgIpc) is 3.07. The van der Waals surface area contributed by atoms with Crippen LogP contribution in [-0.2, 0) is 0 Å². The molecule has 2 aliphatic rings. The molecule has 2 N–H and O–H groups in total. The molecule has 1 aliphatic heterocycles. The van der Waals surface area contributed by atoms with E-state index < -0.39 is 6.09 Å². The minimum absolute atomic E-state index is 0.0756. The SMILES string of the molecule is O=C(O)N1CC[C@]2(C1)C[C@H](NC(c1ccc(F)cc1)c1ccc(F)cc1)C2. The highest BCUT2D eigenvalue weighted by Crippen LogP contribution is 2.49. The zero-order chi connectivity index (χ0) is 19.0. The van der Waals surface area contributed by atoms with Crippen LogP contribution in [0, 0.1) is 17.0 Å². The summed E-state index contributed by atoms with van der Waals surface area (Å²) in [5.41, 5.74) is 1.91. The van der Waals surface area contributed by atoms with Crippen LogP contribution < -0.4 is 5.32 Å². The van der Waals surface area contributed by atoms with Crippen LogP contribution in [0.15, 0.2) is 48.5 Å². The van der Waals surface area contributed by atoms with Crippen LogP contribution in [0.1, 0.15) is 36.4 Å². The fraction of sp³-hybridized carbons (Fsp3) is 0.381. The first-order valence-electron chi connectivity index (χ1n) is 9.19. The summed E-state index contributed by atoms with van der Waals surface area (Å²) < 4.78 is 26.6. The fourth-order valence-electron chi connectivity index (χ4n) is 4.47. The molecule has 0 atom stereocenters. The van der Waals surface area contributed by atoms with Crippen molar-refractivity contribution in [1.29, 1.82) is 0 Å². The summed E-state index contributed by atoms with van der Waals surface area (Å²) in [6.45, 7) is 1.19. The molecular weight excluding hydrogens is 350 g/mol. The Labute approximate surface area is 156 Å². The Morgan fingerprint density at radius 3 is 2.00 bits per heavy atom. The summed E-state index contributed by atoms with van der Waals surface area (Å²) in [5.74, 6) is -0.585. The number of halogens is 2. The smallest absolute Gasteiger partial charge is 0.407 e. The molecule has 1 heterocycles. The summed E-state index contributed by atoms with van der Waals surface area (Å²) in [6.07, 6.45) is 1.87. The Kier molecular flexibility index (Phi) is 4.60. The third kappa shape index (κ3) is 3.67. The lowest BCUT2D eigenvalue weighted by Gasteiger charge is -2.47. The van der Waals surface area contributed by atoms with Crippen molar-refractivity contribution >= 4 is 6.09 Å². The molecular formula is C21H22F2N2O2. The first kappa shape index (κ1) is 17.9. The summed E-state index contributed by atoms with van der Waals surface area (Å²) >= 11 is 0. The molecule has 2 aromatic carbocycles. The molecule has 0 unspecified atom stereocenters. The van der Waals surface area contributed by atoms with E-state index >= 15 is 0 Å². The van der Waals surface area contributed by atoms with Crippen molar-refractivity contribution in [1.82, 2.24) is 10.2 Å². The first-order chi connectivity index (χ1) is 12.9. The van der Waals surface area contributed by atoms with Crippen LogP contribution in [0.3, 0.4) is 0 Å². The van der Waals surface area contributed by atoms with Crippen LogP contribution in [0.5, 0.6) is 0 Å². The zero-order valence-electron chi connectivity index (χ0n) is 14.9. The second-order valence-corrected chi connectivity index (χ2v) is 7.76. The average molecular weight is 372 g/mol. The highest BCUT2D eigenvalue weighted by molar-refractivity contribution is 5.65. The van der Waals surface area contributed by atoms with Crippen molar-refractivity contribution < 1.29 is 18.7 Å². The number of hydrogen-bond donors (Lipinski definition) is 2. The van der Waals surface area contributed by atoms with E-state index in [-0.39, 0.29) is 29.1 Å². The quantitative estimate of drug-likeness (QED) is 0.847. The molecule has 27 heavy (non-hydrogen) atoms. The lowest BCUT2D eigenvalue weighted by atomic mass is 9.64. The number of hydrogen-bond acceptors (Lipinski definition) is 2. The molecule has 4 nitrogen and oxygen atoms in total. The molecule has 2 fully saturated rings. The maximum absolute atomic E-state index is 13.3. The first-order valence-corrected chi connectivity index (χ1v) is 9.19. The maximum atomic E-state index is 13.3. The van der Waals surface area contributed by atoms with Gasteiger partial charge in [0.2, 0.25) is 0 Å². The maximum Gasteiger partial charge on any atom is 0.407 e. The van der Waals surface area contributed by atoms with E-state index in [1.807, 2.05) is 0 Å². The molecule has 1 amide bonds. The summed E-state index contributed by atoms with van der Waals surface area (Å²) in [6, 6.07) is 12.8. The fourth-order valence-corrected chi connectivity index (χ4v) is 4.47. The highest BCUT2D eigenvalue weighted by atomic mass is 19.1. The summed E-state index contributed by atoms with van der Waals surface area (Å²) in [4.78, 5) is 12.7. The Hall–Kier alpha value is -2.47. The van der Waals surface area contributed by atoms with E-state index in [4.69, 9.17) is 5.11 Å². The topological polar surface area (TPSA) is 52.6 Å². The number of likely N-dealkylation sites (tertiary alicyclic amines) is 1. The van der Waals surface area contributed by atoms with Crippen molar-refractivity contribution in [2.45, 2.75) is 31.3 Å². The third-order valence-electron chi connectivity index (χ3n) is 5.88. The van der Waals surface area contributed by atoms with Crippen LogP contribution in [-0.4, -0.2) is 35.2 Å². The van der Waals surface area contributed by atoms with E-state index in [0.717, 1.165) is 30.4 Å². The van der Waals surface area contributed by atoms with Crippen LogP contribution >= 0.6 is 0 Å². The monoisotopic (exact) mass is 372 g/mol. The van der Waals surface area contributed by atoms with Gasteiger partial charge in [-0.3, -0.25) is 0 Å². The van der Waals surface area contributed by atoms with Crippen LogP contribution in [0.4, 0.5) is 13.6 Å². The number of nitrogens with zero attached hydrogens (tertiary/aromatic N) is 1. The van der Waals surface area contributed by atoms with Gasteiger partial charge in [-0.25, -0.2) is 13.6 Å². The Morgan fingerprint density at radius 2 is 1.56 bits per heavy atom. The number of carbonyl (C=O) groups is 1. The normalized spacial score (nSPS) is 24.4. The number of benzene rings is 2. The number of nitrogens with one attached hydrogen (secondary N) is 1. The molecule has 0 radical (unpaired) electrons. The molecule has 1 saturated carbocycles. The van der Waals surface area contributed by atoms with Crippen LogP contribution in [0.25, 0.3) is 0 Å². The largest absolute Gasteiger partial charge is 0.465 e. The van der Waals surface area contributed by atoms with Crippen molar-refractivity contribution in [3.8, 4) is 0 Å². The van der Waals surface area contributed by atoms with E-state index in [9.17, 15) is 13.6 Å². The third-order valence-corrected chi connectivity index (χ3v) is 5.88. The number of rotatable bonds is 4. The van der Waals surface area contributed by atoms with Gasteiger partial charge in [0.25, 0.3) is 0 Å². The minimum atomic E-state index is -0.848. The van der Waals surface area contributed by atoms with Gasteiger partial charge in [-0.1, -0.05) is 24.3 Å². The number of carboxylic acid groups (broad SMARTS) is 1. The Balaban J connectivity index is 1.48. The predicted molar refractivity (Wildman–Crippen MR) is 97.4 cm³/mol. The second kappa shape index (κ2) is 6.93. The van der Waals surface area contributed by atoms with Gasteiger partial charge >= 0.3 is 6.09 Å². The van der Waals surface area contributed by atoms with Gasteiger partial charge in [-0.15, -0.1) is 0 Å². The van der Waals surface area contributed by atoms with Gasteiger partial charge in [0.05, 0.1) is 6.04 Å². The standard InChI is InChI=1S/C21H22F2N2O2/c22-16-5-1-14(2-6-16)19(15-3-7-17(23)8-4-15)24-18-11-21(12-18)9-10-25(13-21)20(26)27/h1-8,18-19,24H,9-13H2,(H,26,27)/t18-,21-. The summed E-state index contributed by atoms with van der Waals surface area (Å²) in [7, 11) is 0. The summed E-state index contributed by atoms with van der Waals surface area (Å²) in [5, 5.41) is 12.8. The molecule has 0 aromatic heterocycles. The molecule has 0 bridgehead atoms. The van der Waals surface area contributed by atoms with Gasteiger partial charge in [0.15, 0.2) is 0 Å². The van der Waals surface area contributed by atoms with Gasteiger partial charge in [0.1, 0.15) is 11.6 Å². The van der Waals surface area contributed by atoms with E-state index in [2.05, 4.69) is 5.32 Å². The second-order valence-electron chi connectivity index (χ2n) is 7.76. The molecule has 1 aliphatic carbocycles. The van der Waals surface area contributed by atoms with Crippen molar-refractivity contribution in [3.05, 3.63) is 71.3 Å². The highest BCUT2D eigenvalue weighted by Gasteiger charge is 2.49. The molecule has 142 valence electrons. The molecule has 4 rings (SSSR count). The zero-order valence-corrected chi connectivity index (χ0v) is 14.9. The van der Waals surface area contributed by atoms with Gasteiger partial charge in [-0.2, -0.15) is 0 Å². The molecule has 6 heteroatoms. The van der Waals surface area contributed by atoms with Gasteiger partial charge in [0, 0.05) is 19.1 Å². The lowest BCUT2D eigenvalue weighted by Crippen LogP contribution is -2.51. The van der Waals surface area contributed by atoms with Gasteiger partial charge < -0.3 is 15.3 Å². The lowest BCUT2D eigenvalue weighted by molar-refractivity contribution is 0.0821. The van der Waals surface area contributed by atoms with Gasteiger partial charge in [-0.05, 0) is 60.1 Å². The van der Waals surface area contributed by atoms with E-state index in [1.54, 1.807) is 24.3 Å². The Bertz CT molecular complexity index is 772. The molecule has 1 spiro atoms. The molecule has 2 aromatic rings. The number of amides is 1. The van der Waals surface area contributed by atoms with E-state index in [1.165, 1.54) is 29.2 Å². The van der Waals surface area contributed by atoms with Crippen LogP contribution in [0.2, 0.25) is 0 Å². The van der Waals surface area contributed by atoms with Crippen molar-refractivity contribution in [2.24, 2.45) is 5.41 Å². The van der Waals surface area contributed by atoms with Crippen molar-refractivity contribution in [2.75, 3.05) is 13.1 Å². The van der Waals surface area contributed by atoms with E-state index in [0.29, 0.717) is 13.1 Å². The molecule has 1 saturated heterocycles. The predicted octanol–water partition coefficient (Wildman–Crippen LogP) is 4.18. The minimum Gasteiger partial charge on any atom is -0.465 e.